The van der Waals surface area contributed by atoms with E-state index in [1.54, 1.807) is 11.9 Å². The number of benzene rings is 2. The van der Waals surface area contributed by atoms with Crippen LogP contribution in [0.4, 0.5) is 10.5 Å². The molecule has 0 saturated heterocycles. The summed E-state index contributed by atoms with van der Waals surface area (Å²) >= 11 is 5.83. The summed E-state index contributed by atoms with van der Waals surface area (Å²) in [6.45, 7) is 0.595. The maximum Gasteiger partial charge on any atom is 0.321 e. The molecular formula is C16H17ClN2O. The monoisotopic (exact) mass is 288 g/mol. The van der Waals surface area contributed by atoms with Gasteiger partial charge in [-0.1, -0.05) is 41.9 Å². The molecule has 0 aliphatic rings. The highest BCUT2D eigenvalue weighted by molar-refractivity contribution is 6.30. The number of para-hydroxylation sites is 1. The third-order valence-corrected chi connectivity index (χ3v) is 3.30. The van der Waals surface area contributed by atoms with Gasteiger partial charge in [-0.25, -0.2) is 4.79 Å². The molecular weight excluding hydrogens is 272 g/mol. The van der Waals surface area contributed by atoms with Gasteiger partial charge in [0.1, 0.15) is 0 Å². The van der Waals surface area contributed by atoms with Gasteiger partial charge < -0.3 is 5.32 Å². The van der Waals surface area contributed by atoms with E-state index in [0.717, 1.165) is 22.7 Å². The third kappa shape index (κ3) is 4.00. The van der Waals surface area contributed by atoms with Crippen LogP contribution in [0, 0.1) is 0 Å². The number of hydrogen-bond donors (Lipinski definition) is 1. The molecule has 2 aromatic carbocycles. The molecule has 0 spiro atoms. The predicted octanol–water partition coefficient (Wildman–Crippen LogP) is 3.73. The maximum absolute atomic E-state index is 12.0. The number of halogens is 1. The van der Waals surface area contributed by atoms with Gasteiger partial charge >= 0.3 is 6.03 Å². The fourth-order valence-electron chi connectivity index (χ4n) is 1.85. The second kappa shape index (κ2) is 6.96. The van der Waals surface area contributed by atoms with Crippen molar-refractivity contribution >= 4 is 23.3 Å². The average Bonchev–Trinajstić information content (AvgIpc) is 2.49. The van der Waals surface area contributed by atoms with Crippen LogP contribution in [0.15, 0.2) is 54.6 Å². The fourth-order valence-corrected chi connectivity index (χ4v) is 1.98. The summed E-state index contributed by atoms with van der Waals surface area (Å²) in [7, 11) is 1.76. The van der Waals surface area contributed by atoms with E-state index in [1.165, 1.54) is 0 Å². The number of anilines is 1. The van der Waals surface area contributed by atoms with Gasteiger partial charge in [-0.15, -0.1) is 0 Å². The van der Waals surface area contributed by atoms with Crippen molar-refractivity contribution in [3.05, 3.63) is 65.2 Å². The summed E-state index contributed by atoms with van der Waals surface area (Å²) < 4.78 is 0. The number of rotatable bonds is 4. The van der Waals surface area contributed by atoms with E-state index in [1.807, 2.05) is 54.6 Å². The van der Waals surface area contributed by atoms with Crippen LogP contribution in [0.2, 0.25) is 5.02 Å². The molecule has 2 amide bonds. The van der Waals surface area contributed by atoms with Crippen LogP contribution in [-0.4, -0.2) is 19.6 Å². The Bertz CT molecular complexity index is 554. The predicted molar refractivity (Wildman–Crippen MR) is 83.4 cm³/mol. The molecule has 3 nitrogen and oxygen atoms in total. The van der Waals surface area contributed by atoms with Crippen molar-refractivity contribution in [1.82, 2.24) is 5.32 Å². The smallest absolute Gasteiger partial charge is 0.321 e. The van der Waals surface area contributed by atoms with Gasteiger partial charge in [0.25, 0.3) is 0 Å². The van der Waals surface area contributed by atoms with Gasteiger partial charge in [-0.3, -0.25) is 4.90 Å². The van der Waals surface area contributed by atoms with E-state index in [2.05, 4.69) is 5.32 Å². The van der Waals surface area contributed by atoms with E-state index < -0.39 is 0 Å². The molecule has 0 unspecified atom stereocenters. The zero-order chi connectivity index (χ0) is 14.4. The molecule has 0 heterocycles. The van der Waals surface area contributed by atoms with Crippen molar-refractivity contribution in [1.29, 1.82) is 0 Å². The van der Waals surface area contributed by atoms with Gasteiger partial charge in [-0.2, -0.15) is 0 Å². The lowest BCUT2D eigenvalue weighted by Gasteiger charge is -2.18. The van der Waals surface area contributed by atoms with E-state index in [0.29, 0.717) is 6.54 Å². The summed E-state index contributed by atoms with van der Waals surface area (Å²) in [6.07, 6.45) is 0.783. The molecule has 2 rings (SSSR count). The first-order valence-electron chi connectivity index (χ1n) is 6.48. The van der Waals surface area contributed by atoms with Crippen LogP contribution in [0.1, 0.15) is 5.56 Å². The highest BCUT2D eigenvalue weighted by atomic mass is 35.5. The summed E-state index contributed by atoms with van der Waals surface area (Å²) in [5.74, 6) is 0. The second-order valence-electron chi connectivity index (χ2n) is 4.50. The van der Waals surface area contributed by atoms with Crippen molar-refractivity contribution in [3.8, 4) is 0 Å². The molecule has 0 atom stereocenters. The highest BCUT2D eigenvalue weighted by Gasteiger charge is 2.09. The Morgan fingerprint density at radius 1 is 1.10 bits per heavy atom. The van der Waals surface area contributed by atoms with E-state index in [4.69, 9.17) is 11.6 Å². The minimum atomic E-state index is -0.106. The Labute approximate surface area is 124 Å². The molecule has 0 fully saturated rings. The number of carbonyl (C=O) groups excluding carboxylic acids is 1. The maximum atomic E-state index is 12.0. The van der Waals surface area contributed by atoms with Crippen LogP contribution in [-0.2, 0) is 6.42 Å². The first-order chi connectivity index (χ1) is 9.66. The first kappa shape index (κ1) is 14.4. The number of nitrogens with zero attached hydrogens (tertiary/aromatic N) is 1. The van der Waals surface area contributed by atoms with Crippen LogP contribution in [0.25, 0.3) is 0 Å². The van der Waals surface area contributed by atoms with Gasteiger partial charge in [0.2, 0.25) is 0 Å². The van der Waals surface area contributed by atoms with Gasteiger partial charge in [0.15, 0.2) is 0 Å². The number of urea groups is 1. The minimum absolute atomic E-state index is 0.106. The molecule has 4 heteroatoms. The Balaban J connectivity index is 1.82. The largest absolute Gasteiger partial charge is 0.337 e. The lowest BCUT2D eigenvalue weighted by atomic mass is 10.1. The Hall–Kier alpha value is -2.00. The normalized spacial score (nSPS) is 10.1. The Morgan fingerprint density at radius 2 is 1.75 bits per heavy atom. The topological polar surface area (TPSA) is 32.3 Å². The summed E-state index contributed by atoms with van der Waals surface area (Å²) in [5, 5.41) is 3.62. The summed E-state index contributed by atoms with van der Waals surface area (Å²) in [4.78, 5) is 13.6. The summed E-state index contributed by atoms with van der Waals surface area (Å²) in [6, 6.07) is 17.1. The molecule has 0 aliphatic heterocycles. The first-order valence-corrected chi connectivity index (χ1v) is 6.85. The average molecular weight is 289 g/mol. The molecule has 0 radical (unpaired) electrons. The van der Waals surface area contributed by atoms with Crippen molar-refractivity contribution in [2.45, 2.75) is 6.42 Å². The molecule has 1 N–H and O–H groups in total. The van der Waals surface area contributed by atoms with Crippen LogP contribution < -0.4 is 10.2 Å². The third-order valence-electron chi connectivity index (χ3n) is 3.05. The van der Waals surface area contributed by atoms with Crippen molar-refractivity contribution in [2.75, 3.05) is 18.5 Å². The van der Waals surface area contributed by atoms with Gasteiger partial charge in [-0.05, 0) is 36.2 Å². The van der Waals surface area contributed by atoms with E-state index in [-0.39, 0.29) is 6.03 Å². The number of carbonyl (C=O) groups is 1. The molecule has 104 valence electrons. The minimum Gasteiger partial charge on any atom is -0.337 e. The van der Waals surface area contributed by atoms with Crippen LogP contribution >= 0.6 is 11.6 Å². The zero-order valence-electron chi connectivity index (χ0n) is 11.3. The molecule has 20 heavy (non-hydrogen) atoms. The van der Waals surface area contributed by atoms with Crippen molar-refractivity contribution in [3.63, 3.8) is 0 Å². The lowest BCUT2D eigenvalue weighted by molar-refractivity contribution is 0.247. The molecule has 0 saturated carbocycles. The van der Waals surface area contributed by atoms with Crippen LogP contribution in [0.3, 0.4) is 0 Å². The SMILES string of the molecule is CN(C(=O)NCCc1ccc(Cl)cc1)c1ccccc1. The lowest BCUT2D eigenvalue weighted by Crippen LogP contribution is -2.38. The van der Waals surface area contributed by atoms with Crippen LogP contribution in [0.5, 0.6) is 0 Å². The fraction of sp³-hybridized carbons (Fsp3) is 0.188. The van der Waals surface area contributed by atoms with Gasteiger partial charge in [0.05, 0.1) is 0 Å². The van der Waals surface area contributed by atoms with Crippen molar-refractivity contribution < 1.29 is 4.79 Å². The van der Waals surface area contributed by atoms with Gasteiger partial charge in [0, 0.05) is 24.3 Å². The highest BCUT2D eigenvalue weighted by Crippen LogP contribution is 2.11. The molecule has 0 aromatic heterocycles. The van der Waals surface area contributed by atoms with E-state index in [9.17, 15) is 4.79 Å². The molecule has 0 aliphatic carbocycles. The number of amides is 2. The molecule has 0 bridgehead atoms. The Morgan fingerprint density at radius 3 is 2.40 bits per heavy atom. The second-order valence-corrected chi connectivity index (χ2v) is 4.94. The number of hydrogen-bond acceptors (Lipinski definition) is 1. The van der Waals surface area contributed by atoms with E-state index >= 15 is 0 Å². The summed E-state index contributed by atoms with van der Waals surface area (Å²) in [5.41, 5.74) is 2.02. The molecule has 2 aromatic rings. The standard InChI is InChI=1S/C16H17ClN2O/c1-19(15-5-3-2-4-6-15)16(20)18-12-11-13-7-9-14(17)10-8-13/h2-10H,11-12H2,1H3,(H,18,20). The number of nitrogens with one attached hydrogen (secondary N) is 1. The van der Waals surface area contributed by atoms with Crippen molar-refractivity contribution in [2.24, 2.45) is 0 Å². The zero-order valence-corrected chi connectivity index (χ0v) is 12.1. The quantitative estimate of drug-likeness (QED) is 0.913. The Kier molecular flexibility index (Phi) is 5.02.